The molecular weight excluding hydrogens is 244 g/mol. The largest absolute Gasteiger partial charge is 0.462 e. The predicted molar refractivity (Wildman–Crippen MR) is 62.6 cm³/mol. The molecule has 0 fully saturated rings. The second-order valence-electron chi connectivity index (χ2n) is 3.45. The fraction of sp³-hybridized carbons (Fsp3) is 0.333. The zero-order valence-corrected chi connectivity index (χ0v) is 10.4. The van der Waals surface area contributed by atoms with Crippen LogP contribution in [0.25, 0.3) is 0 Å². The van der Waals surface area contributed by atoms with Gasteiger partial charge in [-0.15, -0.1) is 0 Å². The van der Waals surface area contributed by atoms with E-state index < -0.39 is 18.0 Å². The molecule has 0 aliphatic rings. The van der Waals surface area contributed by atoms with Crippen molar-refractivity contribution in [1.82, 2.24) is 0 Å². The van der Waals surface area contributed by atoms with Crippen molar-refractivity contribution < 1.29 is 19.1 Å². The van der Waals surface area contributed by atoms with E-state index in [4.69, 9.17) is 21.1 Å². The van der Waals surface area contributed by atoms with E-state index in [1.165, 1.54) is 13.8 Å². The average Bonchev–Trinajstić information content (AvgIpc) is 2.25. The molecule has 0 spiro atoms. The number of rotatable bonds is 4. The van der Waals surface area contributed by atoms with Crippen LogP contribution in [0, 0.1) is 0 Å². The summed E-state index contributed by atoms with van der Waals surface area (Å²) in [5.41, 5.74) is 0.728. The van der Waals surface area contributed by atoms with E-state index in [0.717, 1.165) is 5.56 Å². The van der Waals surface area contributed by atoms with Crippen LogP contribution in [0.1, 0.15) is 25.5 Å². The van der Waals surface area contributed by atoms with Crippen LogP contribution in [0.15, 0.2) is 24.3 Å². The van der Waals surface area contributed by atoms with Gasteiger partial charge in [-0.1, -0.05) is 23.7 Å². The van der Waals surface area contributed by atoms with Crippen LogP contribution in [0.5, 0.6) is 0 Å². The molecule has 17 heavy (non-hydrogen) atoms. The van der Waals surface area contributed by atoms with E-state index in [1.54, 1.807) is 24.3 Å². The molecule has 0 aromatic heterocycles. The molecular formula is C12H13ClO4. The minimum Gasteiger partial charge on any atom is -0.462 e. The molecule has 0 heterocycles. The van der Waals surface area contributed by atoms with Gasteiger partial charge in [-0.05, 0) is 17.7 Å². The third-order valence-corrected chi connectivity index (χ3v) is 2.24. The molecule has 0 amide bonds. The predicted octanol–water partition coefficient (Wildman–Crippen LogP) is 2.51. The molecule has 5 heteroatoms. The first-order chi connectivity index (χ1) is 7.99. The van der Waals surface area contributed by atoms with Crippen LogP contribution in [0.2, 0.25) is 5.02 Å². The Labute approximate surface area is 104 Å². The highest BCUT2D eigenvalue weighted by molar-refractivity contribution is 6.30. The molecule has 0 N–H and O–H groups in total. The summed E-state index contributed by atoms with van der Waals surface area (Å²) in [5.74, 6) is -0.854. The molecule has 92 valence electrons. The van der Waals surface area contributed by atoms with Crippen molar-refractivity contribution in [2.75, 3.05) is 6.61 Å². The zero-order valence-electron chi connectivity index (χ0n) is 9.60. The minimum absolute atomic E-state index is 0.00343. The molecule has 0 radical (unpaired) electrons. The van der Waals surface area contributed by atoms with E-state index in [2.05, 4.69) is 0 Å². The van der Waals surface area contributed by atoms with Crippen molar-refractivity contribution in [3.63, 3.8) is 0 Å². The molecule has 1 rings (SSSR count). The summed E-state index contributed by atoms with van der Waals surface area (Å²) in [5, 5.41) is 0.586. The van der Waals surface area contributed by atoms with Gasteiger partial charge >= 0.3 is 11.9 Å². The zero-order chi connectivity index (χ0) is 12.8. The minimum atomic E-state index is -0.603. The van der Waals surface area contributed by atoms with Crippen molar-refractivity contribution in [3.8, 4) is 0 Å². The molecule has 1 atom stereocenters. The van der Waals surface area contributed by atoms with E-state index in [-0.39, 0.29) is 6.61 Å². The summed E-state index contributed by atoms with van der Waals surface area (Å²) >= 11 is 5.76. The summed E-state index contributed by atoms with van der Waals surface area (Å²) in [4.78, 5) is 21.7. The number of carbonyl (C=O) groups is 2. The lowest BCUT2D eigenvalue weighted by atomic mass is 10.1. The number of benzene rings is 1. The van der Waals surface area contributed by atoms with Gasteiger partial charge in [0.1, 0.15) is 6.61 Å². The van der Waals surface area contributed by atoms with Gasteiger partial charge in [-0.3, -0.25) is 9.59 Å². The molecule has 0 bridgehead atoms. The Morgan fingerprint density at radius 2 is 1.76 bits per heavy atom. The van der Waals surface area contributed by atoms with Crippen LogP contribution in [0.3, 0.4) is 0 Å². The number of ether oxygens (including phenoxy) is 2. The lowest BCUT2D eigenvalue weighted by Gasteiger charge is -2.17. The van der Waals surface area contributed by atoms with Crippen LogP contribution in [-0.4, -0.2) is 18.5 Å². The Bertz CT molecular complexity index is 399. The second-order valence-corrected chi connectivity index (χ2v) is 3.89. The van der Waals surface area contributed by atoms with Crippen molar-refractivity contribution in [1.29, 1.82) is 0 Å². The first-order valence-electron chi connectivity index (χ1n) is 5.05. The third kappa shape index (κ3) is 4.87. The van der Waals surface area contributed by atoms with Crippen molar-refractivity contribution in [2.45, 2.75) is 20.0 Å². The number of hydrogen-bond donors (Lipinski definition) is 0. The lowest BCUT2D eigenvalue weighted by Crippen LogP contribution is -2.16. The molecule has 0 saturated carbocycles. The van der Waals surface area contributed by atoms with Crippen molar-refractivity contribution in [3.05, 3.63) is 34.9 Å². The third-order valence-electron chi connectivity index (χ3n) is 1.99. The molecule has 1 aromatic carbocycles. The molecule has 0 aliphatic heterocycles. The maximum Gasteiger partial charge on any atom is 0.303 e. The first kappa shape index (κ1) is 13.5. The molecule has 0 unspecified atom stereocenters. The van der Waals surface area contributed by atoms with E-state index >= 15 is 0 Å². The topological polar surface area (TPSA) is 52.6 Å². The quantitative estimate of drug-likeness (QED) is 0.777. The molecule has 1 aromatic rings. The normalized spacial score (nSPS) is 11.7. The number of carbonyl (C=O) groups excluding carboxylic acids is 2. The standard InChI is InChI=1S/C12H13ClO4/c1-8(14)16-7-12(17-9(2)15)10-3-5-11(13)6-4-10/h3-6,12H,7H2,1-2H3/t12-/m0/s1. The van der Waals surface area contributed by atoms with Gasteiger partial charge in [0.15, 0.2) is 6.10 Å². The summed E-state index contributed by atoms with van der Waals surface area (Å²) in [7, 11) is 0. The summed E-state index contributed by atoms with van der Waals surface area (Å²) in [6.07, 6.45) is -0.603. The van der Waals surface area contributed by atoms with Gasteiger partial charge in [0, 0.05) is 18.9 Å². The first-order valence-corrected chi connectivity index (χ1v) is 5.43. The van der Waals surface area contributed by atoms with Gasteiger partial charge in [-0.25, -0.2) is 0 Å². The maximum atomic E-state index is 11.0. The Balaban J connectivity index is 2.77. The number of halogens is 1. The SMILES string of the molecule is CC(=O)OC[C@H](OC(C)=O)c1ccc(Cl)cc1. The molecule has 0 aliphatic carbocycles. The summed E-state index contributed by atoms with van der Waals surface area (Å²) in [6, 6.07) is 6.81. The van der Waals surface area contributed by atoms with Gasteiger partial charge in [0.05, 0.1) is 0 Å². The van der Waals surface area contributed by atoms with E-state index in [0.29, 0.717) is 5.02 Å². The van der Waals surface area contributed by atoms with Crippen molar-refractivity contribution >= 4 is 23.5 Å². The fourth-order valence-corrected chi connectivity index (χ4v) is 1.40. The van der Waals surface area contributed by atoms with Crippen LogP contribution in [-0.2, 0) is 19.1 Å². The smallest absolute Gasteiger partial charge is 0.303 e. The monoisotopic (exact) mass is 256 g/mol. The van der Waals surface area contributed by atoms with Gasteiger partial charge < -0.3 is 9.47 Å². The number of hydrogen-bond acceptors (Lipinski definition) is 4. The fourth-order valence-electron chi connectivity index (χ4n) is 1.27. The molecule has 0 saturated heterocycles. The highest BCUT2D eigenvalue weighted by atomic mass is 35.5. The highest BCUT2D eigenvalue weighted by Gasteiger charge is 2.16. The maximum absolute atomic E-state index is 11.0. The van der Waals surface area contributed by atoms with Crippen LogP contribution in [0.4, 0.5) is 0 Å². The number of esters is 2. The van der Waals surface area contributed by atoms with Gasteiger partial charge in [0.25, 0.3) is 0 Å². The van der Waals surface area contributed by atoms with Gasteiger partial charge in [0.2, 0.25) is 0 Å². The van der Waals surface area contributed by atoms with E-state index in [1.807, 2.05) is 0 Å². The Morgan fingerprint density at radius 1 is 1.18 bits per heavy atom. The average molecular weight is 257 g/mol. The van der Waals surface area contributed by atoms with E-state index in [9.17, 15) is 9.59 Å². The summed E-state index contributed by atoms with van der Waals surface area (Å²) < 4.78 is 9.91. The molecule has 4 nitrogen and oxygen atoms in total. The highest BCUT2D eigenvalue weighted by Crippen LogP contribution is 2.20. The van der Waals surface area contributed by atoms with Crippen molar-refractivity contribution in [2.24, 2.45) is 0 Å². The summed E-state index contributed by atoms with van der Waals surface area (Å²) in [6.45, 7) is 2.60. The van der Waals surface area contributed by atoms with Gasteiger partial charge in [-0.2, -0.15) is 0 Å². The van der Waals surface area contributed by atoms with Crippen LogP contribution >= 0.6 is 11.6 Å². The Hall–Kier alpha value is -1.55. The lowest BCUT2D eigenvalue weighted by molar-refractivity contribution is -0.156. The Morgan fingerprint density at radius 3 is 2.24 bits per heavy atom. The second kappa shape index (κ2) is 6.25. The Kier molecular flexibility index (Phi) is 4.97. The van der Waals surface area contributed by atoms with Crippen LogP contribution < -0.4 is 0 Å².